The first kappa shape index (κ1) is 22.3. The lowest BCUT2D eigenvalue weighted by molar-refractivity contribution is -0.119. The lowest BCUT2D eigenvalue weighted by Gasteiger charge is -2.40. The highest BCUT2D eigenvalue weighted by molar-refractivity contribution is 5.95. The molecule has 0 unspecified atom stereocenters. The Morgan fingerprint density at radius 3 is 2.39 bits per heavy atom. The number of primary amides is 1. The molecule has 0 aliphatic carbocycles. The summed E-state index contributed by atoms with van der Waals surface area (Å²) in [6.45, 7) is 3.97. The molecular weight excluding hydrogens is 392 g/mol. The highest BCUT2D eigenvalue weighted by Crippen LogP contribution is 2.39. The predicted octanol–water partition coefficient (Wildman–Crippen LogP) is 3.97. The molecule has 164 valence electrons. The molecule has 2 aromatic rings. The van der Waals surface area contributed by atoms with Crippen molar-refractivity contribution in [2.75, 3.05) is 15.5 Å². The van der Waals surface area contributed by atoms with Crippen LogP contribution in [0.1, 0.15) is 57.6 Å². The van der Waals surface area contributed by atoms with Crippen molar-refractivity contribution in [1.29, 1.82) is 0 Å². The van der Waals surface area contributed by atoms with Crippen molar-refractivity contribution in [3.8, 4) is 0 Å². The summed E-state index contributed by atoms with van der Waals surface area (Å²) < 4.78 is 0. The average molecular weight is 423 g/mol. The molecule has 0 saturated carbocycles. The lowest BCUT2D eigenvalue weighted by atomic mass is 9.91. The lowest BCUT2D eigenvalue weighted by Crippen LogP contribution is -2.44. The third-order valence-corrected chi connectivity index (χ3v) is 5.50. The third-order valence-electron chi connectivity index (χ3n) is 5.50. The van der Waals surface area contributed by atoms with Crippen LogP contribution < -0.4 is 21.3 Å². The van der Waals surface area contributed by atoms with Crippen LogP contribution in [0.4, 0.5) is 17.1 Å². The van der Waals surface area contributed by atoms with Gasteiger partial charge in [-0.1, -0.05) is 25.1 Å². The molecular formula is C24H30N4O3. The van der Waals surface area contributed by atoms with E-state index in [1.807, 2.05) is 54.3 Å². The van der Waals surface area contributed by atoms with Gasteiger partial charge in [-0.05, 0) is 55.7 Å². The Bertz CT molecular complexity index is 942. The minimum atomic E-state index is -0.399. The number of nitrogens with one attached hydrogen (secondary N) is 2. The van der Waals surface area contributed by atoms with Crippen molar-refractivity contribution >= 4 is 34.8 Å². The second-order valence-corrected chi connectivity index (χ2v) is 7.90. The molecule has 3 rings (SSSR count). The van der Waals surface area contributed by atoms with Crippen LogP contribution in [0, 0.1) is 0 Å². The zero-order chi connectivity index (χ0) is 22.4. The highest BCUT2D eigenvalue weighted by atomic mass is 16.2. The summed E-state index contributed by atoms with van der Waals surface area (Å²) in [4.78, 5) is 37.1. The van der Waals surface area contributed by atoms with Crippen LogP contribution in [0.15, 0.2) is 48.5 Å². The minimum absolute atomic E-state index is 0.0846. The van der Waals surface area contributed by atoms with E-state index in [0.29, 0.717) is 18.5 Å². The van der Waals surface area contributed by atoms with E-state index in [-0.39, 0.29) is 36.7 Å². The van der Waals surface area contributed by atoms with E-state index < -0.39 is 5.91 Å². The number of benzene rings is 2. The fraction of sp³-hybridized carbons (Fsp3) is 0.375. The molecule has 3 amide bonds. The normalized spacial score (nSPS) is 17.5. The maximum atomic E-state index is 12.5. The number of nitrogens with zero attached hydrogens (tertiary/aromatic N) is 1. The summed E-state index contributed by atoms with van der Waals surface area (Å²) in [5.74, 6) is -0.406. The molecule has 2 atom stereocenters. The zero-order valence-electron chi connectivity index (χ0n) is 18.1. The van der Waals surface area contributed by atoms with Gasteiger partial charge in [0.1, 0.15) is 0 Å². The minimum Gasteiger partial charge on any atom is -0.378 e. The van der Waals surface area contributed by atoms with E-state index in [4.69, 9.17) is 5.73 Å². The van der Waals surface area contributed by atoms with Gasteiger partial charge in [0.05, 0.1) is 6.04 Å². The number of hydrogen-bond acceptors (Lipinski definition) is 4. The Hall–Kier alpha value is -3.35. The standard InChI is InChI=1S/C24H30N4O3/c1-3-24(31)28-16(2)15-20(19-7-4-5-8-21(19)28)26-17-11-13-18(14-12-17)27-23(30)10-6-9-22(25)29/h4-5,7-8,11-14,16,20,26H,3,6,9-10,15H2,1-2H3,(H2,25,29)(H,27,30)/t16-,20+/m0/s1. The molecule has 0 spiro atoms. The molecule has 7 heteroatoms. The van der Waals surface area contributed by atoms with Gasteiger partial charge >= 0.3 is 0 Å². The number of fused-ring (bicyclic) bond motifs is 1. The van der Waals surface area contributed by atoms with Gasteiger partial charge in [0.25, 0.3) is 0 Å². The molecule has 7 nitrogen and oxygen atoms in total. The van der Waals surface area contributed by atoms with Crippen LogP contribution in [0.5, 0.6) is 0 Å². The maximum Gasteiger partial charge on any atom is 0.226 e. The first-order chi connectivity index (χ1) is 14.9. The SMILES string of the molecule is CCC(=O)N1c2ccccc2[C@H](Nc2ccc(NC(=O)CCCC(N)=O)cc2)C[C@@H]1C. The number of carbonyl (C=O) groups is 3. The molecule has 0 saturated heterocycles. The molecule has 1 heterocycles. The summed E-state index contributed by atoms with van der Waals surface area (Å²) >= 11 is 0. The first-order valence-electron chi connectivity index (χ1n) is 10.7. The monoisotopic (exact) mass is 422 g/mol. The van der Waals surface area contributed by atoms with Crippen LogP contribution in [0.2, 0.25) is 0 Å². The second-order valence-electron chi connectivity index (χ2n) is 7.90. The number of carbonyl (C=O) groups excluding carboxylic acids is 3. The van der Waals surface area contributed by atoms with Crippen molar-refractivity contribution in [2.24, 2.45) is 5.73 Å². The first-order valence-corrected chi connectivity index (χ1v) is 10.7. The van der Waals surface area contributed by atoms with Crippen LogP contribution in [0.25, 0.3) is 0 Å². The molecule has 0 radical (unpaired) electrons. The van der Waals surface area contributed by atoms with Crippen LogP contribution in [-0.4, -0.2) is 23.8 Å². The number of rotatable bonds is 8. The number of para-hydroxylation sites is 1. The summed E-state index contributed by atoms with van der Waals surface area (Å²) in [5, 5.41) is 6.40. The quantitative estimate of drug-likeness (QED) is 0.599. The Balaban J connectivity index is 1.66. The van der Waals surface area contributed by atoms with Gasteiger partial charge in [0, 0.05) is 42.4 Å². The summed E-state index contributed by atoms with van der Waals surface area (Å²) in [7, 11) is 0. The summed E-state index contributed by atoms with van der Waals surface area (Å²) in [6.07, 6.45) is 2.19. The Labute approximate surface area is 183 Å². The van der Waals surface area contributed by atoms with Gasteiger partial charge < -0.3 is 21.3 Å². The van der Waals surface area contributed by atoms with Gasteiger partial charge in [-0.15, -0.1) is 0 Å². The Morgan fingerprint density at radius 2 is 1.71 bits per heavy atom. The molecule has 0 fully saturated rings. The highest BCUT2D eigenvalue weighted by Gasteiger charge is 2.32. The van der Waals surface area contributed by atoms with Gasteiger partial charge in [0.2, 0.25) is 17.7 Å². The van der Waals surface area contributed by atoms with Crippen LogP contribution in [0.3, 0.4) is 0 Å². The van der Waals surface area contributed by atoms with Crippen LogP contribution in [-0.2, 0) is 14.4 Å². The molecule has 1 aliphatic rings. The van der Waals surface area contributed by atoms with Crippen molar-refractivity contribution in [3.05, 3.63) is 54.1 Å². The molecule has 0 bridgehead atoms. The van der Waals surface area contributed by atoms with Crippen molar-refractivity contribution in [1.82, 2.24) is 0 Å². The number of nitrogens with two attached hydrogens (primary N) is 1. The fourth-order valence-electron chi connectivity index (χ4n) is 4.00. The van der Waals surface area contributed by atoms with Gasteiger partial charge in [-0.25, -0.2) is 0 Å². The van der Waals surface area contributed by atoms with Crippen LogP contribution >= 0.6 is 0 Å². The Morgan fingerprint density at radius 1 is 1.03 bits per heavy atom. The van der Waals surface area contributed by atoms with Crippen molar-refractivity contribution < 1.29 is 14.4 Å². The van der Waals surface area contributed by atoms with Crippen molar-refractivity contribution in [3.63, 3.8) is 0 Å². The second kappa shape index (κ2) is 10.1. The molecule has 1 aliphatic heterocycles. The number of amides is 3. The van der Waals surface area contributed by atoms with E-state index in [1.54, 1.807) is 0 Å². The topological polar surface area (TPSA) is 105 Å². The number of anilines is 3. The summed E-state index contributed by atoms with van der Waals surface area (Å²) in [5.41, 5.74) is 8.80. The van der Waals surface area contributed by atoms with Gasteiger partial charge in [-0.2, -0.15) is 0 Å². The van der Waals surface area contributed by atoms with E-state index in [9.17, 15) is 14.4 Å². The average Bonchev–Trinajstić information content (AvgIpc) is 2.74. The Kier molecular flexibility index (Phi) is 7.28. The predicted molar refractivity (Wildman–Crippen MR) is 123 cm³/mol. The third kappa shape index (κ3) is 5.63. The number of hydrogen-bond donors (Lipinski definition) is 3. The van der Waals surface area contributed by atoms with Gasteiger partial charge in [0.15, 0.2) is 0 Å². The van der Waals surface area contributed by atoms with E-state index in [1.165, 1.54) is 0 Å². The summed E-state index contributed by atoms with van der Waals surface area (Å²) in [6, 6.07) is 15.8. The maximum absolute atomic E-state index is 12.5. The van der Waals surface area contributed by atoms with E-state index >= 15 is 0 Å². The zero-order valence-corrected chi connectivity index (χ0v) is 18.1. The smallest absolute Gasteiger partial charge is 0.226 e. The van der Waals surface area contributed by atoms with Crippen molar-refractivity contribution in [2.45, 2.75) is 58.0 Å². The molecule has 4 N–H and O–H groups in total. The van der Waals surface area contributed by atoms with Gasteiger partial charge in [-0.3, -0.25) is 14.4 Å². The largest absolute Gasteiger partial charge is 0.378 e. The van der Waals surface area contributed by atoms with E-state index in [0.717, 1.165) is 23.4 Å². The molecule has 2 aromatic carbocycles. The molecule has 0 aromatic heterocycles. The fourth-order valence-corrected chi connectivity index (χ4v) is 4.00. The molecule has 31 heavy (non-hydrogen) atoms. The van der Waals surface area contributed by atoms with E-state index in [2.05, 4.69) is 23.6 Å².